The van der Waals surface area contributed by atoms with Crippen LogP contribution in [0.3, 0.4) is 0 Å². The van der Waals surface area contributed by atoms with E-state index in [2.05, 4.69) is 43.8 Å². The molecule has 2 aromatic rings. The fourth-order valence-electron chi connectivity index (χ4n) is 1.39. The van der Waals surface area contributed by atoms with Crippen molar-refractivity contribution in [1.29, 1.82) is 0 Å². The molecule has 1 aromatic heterocycles. The minimum absolute atomic E-state index is 0.148. The Balaban J connectivity index is 2.03. The van der Waals surface area contributed by atoms with Gasteiger partial charge in [0.15, 0.2) is 0 Å². The van der Waals surface area contributed by atoms with Crippen molar-refractivity contribution in [1.82, 2.24) is 5.32 Å². The monoisotopic (exact) mass is 439 g/mol. The number of hydrogen-bond acceptors (Lipinski definition) is 2. The van der Waals surface area contributed by atoms with Gasteiger partial charge in [-0.1, -0.05) is 15.9 Å². The zero-order valence-electron chi connectivity index (χ0n) is 9.04. The lowest BCUT2D eigenvalue weighted by Gasteiger charge is -2.06. The SMILES string of the molecule is O=C(NCc1cc(F)ccc1Br)c1csc(I)c1. The highest BCUT2D eigenvalue weighted by Crippen LogP contribution is 2.19. The fourth-order valence-corrected chi connectivity index (χ4v) is 3.10. The molecule has 6 heteroatoms. The number of carbonyl (C=O) groups excluding carboxylic acids is 1. The van der Waals surface area contributed by atoms with Crippen LogP contribution in [0.4, 0.5) is 4.39 Å². The first-order valence-electron chi connectivity index (χ1n) is 5.02. The number of benzene rings is 1. The van der Waals surface area contributed by atoms with Gasteiger partial charge >= 0.3 is 0 Å². The number of halogens is 3. The Kier molecular flexibility index (Phi) is 4.74. The van der Waals surface area contributed by atoms with Gasteiger partial charge in [-0.25, -0.2) is 4.39 Å². The Hall–Kier alpha value is -0.470. The van der Waals surface area contributed by atoms with E-state index in [1.807, 2.05) is 6.07 Å². The van der Waals surface area contributed by atoms with Crippen molar-refractivity contribution in [3.63, 3.8) is 0 Å². The van der Waals surface area contributed by atoms with Crippen LogP contribution < -0.4 is 5.32 Å². The highest BCUT2D eigenvalue weighted by Gasteiger charge is 2.09. The maximum atomic E-state index is 13.1. The van der Waals surface area contributed by atoms with Gasteiger partial charge in [0.05, 0.1) is 8.45 Å². The third kappa shape index (κ3) is 3.52. The van der Waals surface area contributed by atoms with E-state index >= 15 is 0 Å². The van der Waals surface area contributed by atoms with Crippen molar-refractivity contribution < 1.29 is 9.18 Å². The summed E-state index contributed by atoms with van der Waals surface area (Å²) in [5.74, 6) is -0.460. The summed E-state index contributed by atoms with van der Waals surface area (Å²) in [5, 5.41) is 4.57. The van der Waals surface area contributed by atoms with Gasteiger partial charge in [-0.3, -0.25) is 4.79 Å². The van der Waals surface area contributed by atoms with E-state index in [1.165, 1.54) is 23.5 Å². The van der Waals surface area contributed by atoms with Crippen molar-refractivity contribution in [3.8, 4) is 0 Å². The highest BCUT2D eigenvalue weighted by atomic mass is 127. The first-order valence-corrected chi connectivity index (χ1v) is 7.77. The van der Waals surface area contributed by atoms with Crippen LogP contribution in [0.2, 0.25) is 0 Å². The molecule has 1 aromatic carbocycles. The van der Waals surface area contributed by atoms with Crippen LogP contribution in [0.5, 0.6) is 0 Å². The third-order valence-electron chi connectivity index (χ3n) is 2.28. The van der Waals surface area contributed by atoms with Gasteiger partial charge in [0.2, 0.25) is 0 Å². The summed E-state index contributed by atoms with van der Waals surface area (Å²) < 4.78 is 14.9. The summed E-state index contributed by atoms with van der Waals surface area (Å²) in [6.07, 6.45) is 0. The average Bonchev–Trinajstić information content (AvgIpc) is 2.77. The second-order valence-electron chi connectivity index (χ2n) is 3.56. The second kappa shape index (κ2) is 6.12. The Morgan fingerprint density at radius 2 is 2.22 bits per heavy atom. The summed E-state index contributed by atoms with van der Waals surface area (Å²) in [6.45, 7) is 0.295. The van der Waals surface area contributed by atoms with Crippen LogP contribution in [0.15, 0.2) is 34.1 Å². The Bertz CT molecular complexity index is 587. The zero-order valence-corrected chi connectivity index (χ0v) is 13.6. The lowest BCUT2D eigenvalue weighted by molar-refractivity contribution is 0.0951. The topological polar surface area (TPSA) is 29.1 Å². The molecule has 1 N–H and O–H groups in total. The number of amides is 1. The van der Waals surface area contributed by atoms with Crippen LogP contribution in [0.25, 0.3) is 0 Å². The molecular weight excluding hydrogens is 432 g/mol. The van der Waals surface area contributed by atoms with Crippen molar-refractivity contribution >= 4 is 55.8 Å². The van der Waals surface area contributed by atoms with Gasteiger partial charge in [0.25, 0.3) is 5.91 Å². The molecular formula is C12H8BrFINOS. The summed E-state index contributed by atoms with van der Waals surface area (Å²) in [7, 11) is 0. The number of hydrogen-bond donors (Lipinski definition) is 1. The van der Waals surface area contributed by atoms with Crippen LogP contribution >= 0.6 is 49.9 Å². The summed E-state index contributed by atoms with van der Waals surface area (Å²) in [4.78, 5) is 11.8. The van der Waals surface area contributed by atoms with Crippen LogP contribution in [0.1, 0.15) is 15.9 Å². The Labute approximate surface area is 130 Å². The summed E-state index contributed by atoms with van der Waals surface area (Å²) >= 11 is 7.01. The average molecular weight is 440 g/mol. The molecule has 2 rings (SSSR count). The van der Waals surface area contributed by atoms with E-state index in [0.29, 0.717) is 17.7 Å². The number of nitrogens with one attached hydrogen (secondary N) is 1. The van der Waals surface area contributed by atoms with Gasteiger partial charge in [-0.2, -0.15) is 0 Å². The van der Waals surface area contributed by atoms with Crippen LogP contribution in [-0.4, -0.2) is 5.91 Å². The second-order valence-corrected chi connectivity index (χ2v) is 7.22. The van der Waals surface area contributed by atoms with Crippen molar-refractivity contribution in [2.24, 2.45) is 0 Å². The van der Waals surface area contributed by atoms with E-state index in [4.69, 9.17) is 0 Å². The molecule has 2 nitrogen and oxygen atoms in total. The normalized spacial score (nSPS) is 10.4. The number of carbonyl (C=O) groups is 1. The van der Waals surface area contributed by atoms with Gasteiger partial charge in [-0.05, 0) is 52.4 Å². The molecule has 0 fully saturated rings. The molecule has 0 unspecified atom stereocenters. The van der Waals surface area contributed by atoms with E-state index in [1.54, 1.807) is 11.4 Å². The van der Waals surface area contributed by atoms with Crippen LogP contribution in [-0.2, 0) is 6.54 Å². The lowest BCUT2D eigenvalue weighted by Crippen LogP contribution is -2.22. The quantitative estimate of drug-likeness (QED) is 0.714. The number of rotatable bonds is 3. The molecule has 0 saturated carbocycles. The molecule has 0 radical (unpaired) electrons. The van der Waals surface area contributed by atoms with Crippen molar-refractivity contribution in [2.75, 3.05) is 0 Å². The number of thiophene rings is 1. The summed E-state index contributed by atoms with van der Waals surface area (Å²) in [6, 6.07) is 6.23. The Morgan fingerprint density at radius 3 is 2.89 bits per heavy atom. The molecule has 0 bridgehead atoms. The van der Waals surface area contributed by atoms with Gasteiger partial charge in [0.1, 0.15) is 5.82 Å². The van der Waals surface area contributed by atoms with Gasteiger partial charge in [-0.15, -0.1) is 11.3 Å². The maximum absolute atomic E-state index is 13.1. The Morgan fingerprint density at radius 1 is 1.44 bits per heavy atom. The minimum atomic E-state index is -0.312. The minimum Gasteiger partial charge on any atom is -0.348 e. The smallest absolute Gasteiger partial charge is 0.252 e. The van der Waals surface area contributed by atoms with E-state index in [0.717, 1.165) is 7.36 Å². The van der Waals surface area contributed by atoms with E-state index < -0.39 is 0 Å². The molecule has 0 aliphatic carbocycles. The molecule has 1 amide bonds. The molecule has 94 valence electrons. The zero-order chi connectivity index (χ0) is 13.1. The third-order valence-corrected chi connectivity index (χ3v) is 4.84. The van der Waals surface area contributed by atoms with Gasteiger partial charge < -0.3 is 5.32 Å². The standard InChI is InChI=1S/C12H8BrFINOS/c13-10-2-1-9(14)3-7(10)5-16-12(17)8-4-11(15)18-6-8/h1-4,6H,5H2,(H,16,17). The van der Waals surface area contributed by atoms with E-state index in [9.17, 15) is 9.18 Å². The molecule has 0 spiro atoms. The van der Waals surface area contributed by atoms with Gasteiger partial charge in [0, 0.05) is 16.4 Å². The predicted molar refractivity (Wildman–Crippen MR) is 82.3 cm³/mol. The van der Waals surface area contributed by atoms with Crippen molar-refractivity contribution in [2.45, 2.75) is 6.54 Å². The lowest BCUT2D eigenvalue weighted by atomic mass is 10.2. The first kappa shape index (κ1) is 14.0. The molecule has 18 heavy (non-hydrogen) atoms. The fraction of sp³-hybridized carbons (Fsp3) is 0.0833. The highest BCUT2D eigenvalue weighted by molar-refractivity contribution is 14.1. The molecule has 0 aliphatic heterocycles. The van der Waals surface area contributed by atoms with E-state index in [-0.39, 0.29) is 11.7 Å². The molecule has 0 saturated heterocycles. The maximum Gasteiger partial charge on any atom is 0.252 e. The largest absolute Gasteiger partial charge is 0.348 e. The molecule has 0 aliphatic rings. The van der Waals surface area contributed by atoms with Crippen molar-refractivity contribution in [3.05, 3.63) is 53.9 Å². The summed E-state index contributed by atoms with van der Waals surface area (Å²) in [5.41, 5.74) is 1.35. The predicted octanol–water partition coefficient (Wildman–Crippen LogP) is 4.18. The molecule has 0 atom stereocenters. The first-order chi connectivity index (χ1) is 8.56. The molecule has 1 heterocycles. The van der Waals surface area contributed by atoms with Crippen LogP contribution in [0, 0.1) is 8.70 Å².